The van der Waals surface area contributed by atoms with Gasteiger partial charge in [-0.2, -0.15) is 0 Å². The third-order valence-electron chi connectivity index (χ3n) is 2.13. The van der Waals surface area contributed by atoms with Crippen LogP contribution in [0, 0.1) is 6.92 Å². The Morgan fingerprint density at radius 2 is 2.05 bits per heavy atom. The summed E-state index contributed by atoms with van der Waals surface area (Å²) < 4.78 is 34.8. The second kappa shape index (κ2) is 6.71. The van der Waals surface area contributed by atoms with Crippen LogP contribution in [0.3, 0.4) is 0 Å². The first-order chi connectivity index (χ1) is 9.29. The molecule has 0 radical (unpaired) electrons. The number of carbonyl (C=O) groups is 2. The van der Waals surface area contributed by atoms with Gasteiger partial charge < -0.3 is 9.47 Å². The zero-order chi connectivity index (χ0) is 15.3. The zero-order valence-corrected chi connectivity index (χ0v) is 12.9. The van der Waals surface area contributed by atoms with Gasteiger partial charge in [-0.3, -0.25) is 9.52 Å². The van der Waals surface area contributed by atoms with E-state index in [1.807, 2.05) is 0 Å². The predicted octanol–water partition coefficient (Wildman–Crippen LogP) is 1.15. The lowest BCUT2D eigenvalue weighted by Gasteiger charge is -2.07. The standard InChI is InChI=1S/C11H15NO6S2/c1-4-18-11(14)8-5-7(2)19-10(8)12-20(15,16)6-9(13)17-3/h5,12H,4,6H2,1-3H3. The van der Waals surface area contributed by atoms with Crippen molar-refractivity contribution in [1.82, 2.24) is 0 Å². The van der Waals surface area contributed by atoms with Crippen molar-refractivity contribution in [3.63, 3.8) is 0 Å². The lowest BCUT2D eigenvalue weighted by Crippen LogP contribution is -2.24. The topological polar surface area (TPSA) is 98.8 Å². The van der Waals surface area contributed by atoms with Crippen molar-refractivity contribution < 1.29 is 27.5 Å². The number of hydrogen-bond acceptors (Lipinski definition) is 7. The van der Waals surface area contributed by atoms with E-state index in [9.17, 15) is 18.0 Å². The van der Waals surface area contributed by atoms with Gasteiger partial charge in [0.15, 0.2) is 5.75 Å². The van der Waals surface area contributed by atoms with Crippen LogP contribution in [0.2, 0.25) is 0 Å². The van der Waals surface area contributed by atoms with Gasteiger partial charge in [0.05, 0.1) is 19.3 Å². The van der Waals surface area contributed by atoms with Crippen molar-refractivity contribution in [3.05, 3.63) is 16.5 Å². The van der Waals surface area contributed by atoms with Gasteiger partial charge in [0.1, 0.15) is 5.00 Å². The molecule has 1 N–H and O–H groups in total. The van der Waals surface area contributed by atoms with Gasteiger partial charge in [0, 0.05) is 4.88 Å². The van der Waals surface area contributed by atoms with Crippen molar-refractivity contribution in [3.8, 4) is 0 Å². The fourth-order valence-electron chi connectivity index (χ4n) is 1.34. The summed E-state index contributed by atoms with van der Waals surface area (Å²) in [6.45, 7) is 3.56. The number of carbonyl (C=O) groups excluding carboxylic acids is 2. The lowest BCUT2D eigenvalue weighted by molar-refractivity contribution is -0.137. The highest BCUT2D eigenvalue weighted by Crippen LogP contribution is 2.29. The molecule has 0 bridgehead atoms. The molecule has 9 heteroatoms. The maximum Gasteiger partial charge on any atom is 0.341 e. The molecule has 0 unspecified atom stereocenters. The Kier molecular flexibility index (Phi) is 5.52. The average Bonchev–Trinajstić information content (AvgIpc) is 2.68. The zero-order valence-electron chi connectivity index (χ0n) is 11.3. The summed E-state index contributed by atoms with van der Waals surface area (Å²) in [6.07, 6.45) is 0. The number of nitrogens with one attached hydrogen (secondary N) is 1. The third kappa shape index (κ3) is 4.49. The number of thiophene rings is 1. The van der Waals surface area contributed by atoms with Crippen molar-refractivity contribution in [2.75, 3.05) is 24.2 Å². The highest BCUT2D eigenvalue weighted by Gasteiger charge is 2.22. The normalized spacial score (nSPS) is 10.9. The lowest BCUT2D eigenvalue weighted by atomic mass is 10.3. The number of anilines is 1. The van der Waals surface area contributed by atoms with Crippen LogP contribution in [-0.4, -0.2) is 39.8 Å². The molecule has 1 rings (SSSR count). The number of ether oxygens (including phenoxy) is 2. The molecule has 1 aromatic rings. The van der Waals surface area contributed by atoms with E-state index in [0.717, 1.165) is 23.3 Å². The Labute approximate surface area is 120 Å². The Balaban J connectivity index is 2.98. The van der Waals surface area contributed by atoms with Gasteiger partial charge in [-0.05, 0) is 19.9 Å². The van der Waals surface area contributed by atoms with Crippen LogP contribution in [-0.2, 0) is 24.3 Å². The van der Waals surface area contributed by atoms with Gasteiger partial charge in [0.2, 0.25) is 10.0 Å². The molecule has 0 aromatic carbocycles. The van der Waals surface area contributed by atoms with Crippen LogP contribution in [0.4, 0.5) is 5.00 Å². The van der Waals surface area contributed by atoms with E-state index in [1.54, 1.807) is 13.8 Å². The van der Waals surface area contributed by atoms with Crippen molar-refractivity contribution in [2.45, 2.75) is 13.8 Å². The maximum absolute atomic E-state index is 11.8. The summed E-state index contributed by atoms with van der Waals surface area (Å²) in [5, 5.41) is 0.129. The molecule has 7 nitrogen and oxygen atoms in total. The number of methoxy groups -OCH3 is 1. The van der Waals surface area contributed by atoms with E-state index in [0.29, 0.717) is 0 Å². The Hall–Kier alpha value is -1.61. The minimum absolute atomic E-state index is 0.128. The summed E-state index contributed by atoms with van der Waals surface area (Å²) in [5.74, 6) is -2.32. The van der Waals surface area contributed by atoms with E-state index >= 15 is 0 Å². The number of aryl methyl sites for hydroxylation is 1. The molecule has 0 aliphatic heterocycles. The van der Waals surface area contributed by atoms with Crippen LogP contribution in [0.1, 0.15) is 22.2 Å². The molecule has 0 saturated carbocycles. The molecule has 0 fully saturated rings. The average molecular weight is 321 g/mol. The Bertz CT molecular complexity index is 604. The molecular formula is C11H15NO6S2. The van der Waals surface area contributed by atoms with Gasteiger partial charge in [-0.25, -0.2) is 13.2 Å². The minimum atomic E-state index is -3.93. The smallest absolute Gasteiger partial charge is 0.341 e. The summed E-state index contributed by atoms with van der Waals surface area (Å²) in [4.78, 5) is 23.5. The minimum Gasteiger partial charge on any atom is -0.468 e. The molecule has 0 aliphatic rings. The molecular weight excluding hydrogens is 306 g/mol. The molecule has 0 amide bonds. The van der Waals surface area contributed by atoms with Crippen molar-refractivity contribution in [1.29, 1.82) is 0 Å². The Morgan fingerprint density at radius 1 is 1.40 bits per heavy atom. The van der Waals surface area contributed by atoms with Crippen LogP contribution in [0.25, 0.3) is 0 Å². The van der Waals surface area contributed by atoms with Crippen LogP contribution < -0.4 is 4.72 Å². The molecule has 0 atom stereocenters. The van der Waals surface area contributed by atoms with E-state index in [-0.39, 0.29) is 17.2 Å². The van der Waals surface area contributed by atoms with Crippen molar-refractivity contribution in [2.24, 2.45) is 0 Å². The number of sulfonamides is 1. The van der Waals surface area contributed by atoms with E-state index in [1.165, 1.54) is 6.07 Å². The van der Waals surface area contributed by atoms with Gasteiger partial charge >= 0.3 is 11.9 Å². The molecule has 112 valence electrons. The van der Waals surface area contributed by atoms with Crippen LogP contribution in [0.5, 0.6) is 0 Å². The second-order valence-electron chi connectivity index (χ2n) is 3.76. The highest BCUT2D eigenvalue weighted by molar-refractivity contribution is 7.93. The first-order valence-corrected chi connectivity index (χ1v) is 8.10. The molecule has 0 spiro atoms. The summed E-state index contributed by atoms with van der Waals surface area (Å²) >= 11 is 1.09. The van der Waals surface area contributed by atoms with Gasteiger partial charge in [0.25, 0.3) is 0 Å². The fourth-order valence-corrected chi connectivity index (χ4v) is 3.53. The summed E-state index contributed by atoms with van der Waals surface area (Å²) in [6, 6.07) is 1.53. The molecule has 0 aliphatic carbocycles. The SMILES string of the molecule is CCOC(=O)c1cc(C)sc1NS(=O)(=O)CC(=O)OC. The fraction of sp³-hybridized carbons (Fsp3) is 0.455. The largest absolute Gasteiger partial charge is 0.468 e. The molecule has 0 saturated heterocycles. The van der Waals surface area contributed by atoms with E-state index in [2.05, 4.69) is 9.46 Å². The highest BCUT2D eigenvalue weighted by atomic mass is 32.2. The molecule has 20 heavy (non-hydrogen) atoms. The number of hydrogen-bond donors (Lipinski definition) is 1. The summed E-state index contributed by atoms with van der Waals surface area (Å²) in [7, 11) is -2.83. The number of rotatable bonds is 6. The molecule has 1 aromatic heterocycles. The monoisotopic (exact) mass is 321 g/mol. The quantitative estimate of drug-likeness (QED) is 0.789. The first-order valence-electron chi connectivity index (χ1n) is 5.64. The molecule has 1 heterocycles. The van der Waals surface area contributed by atoms with Crippen molar-refractivity contribution >= 4 is 38.3 Å². The van der Waals surface area contributed by atoms with E-state index in [4.69, 9.17) is 4.74 Å². The summed E-state index contributed by atoms with van der Waals surface area (Å²) in [5.41, 5.74) is 0.128. The first kappa shape index (κ1) is 16.4. The predicted molar refractivity (Wildman–Crippen MR) is 74.4 cm³/mol. The van der Waals surface area contributed by atoms with Gasteiger partial charge in [-0.1, -0.05) is 0 Å². The van der Waals surface area contributed by atoms with Gasteiger partial charge in [-0.15, -0.1) is 11.3 Å². The third-order valence-corrected chi connectivity index (χ3v) is 4.36. The maximum atomic E-state index is 11.8. The van der Waals surface area contributed by atoms with Crippen LogP contribution >= 0.6 is 11.3 Å². The van der Waals surface area contributed by atoms with E-state index < -0.39 is 27.7 Å². The Morgan fingerprint density at radius 3 is 2.60 bits per heavy atom. The van der Waals surface area contributed by atoms with Crippen LogP contribution in [0.15, 0.2) is 6.07 Å². The number of esters is 2. The second-order valence-corrected chi connectivity index (χ2v) is 6.74.